The number of aromatic nitrogens is 3. The van der Waals surface area contributed by atoms with Gasteiger partial charge in [-0.05, 0) is 7.05 Å². The van der Waals surface area contributed by atoms with Crippen LogP contribution < -0.4 is 0 Å². The van der Waals surface area contributed by atoms with E-state index in [2.05, 4.69) is 10.1 Å². The molecule has 0 aliphatic rings. The Hall–Kier alpha value is -2.15. The van der Waals surface area contributed by atoms with Crippen LogP contribution in [0, 0.1) is 0 Å². The van der Waals surface area contributed by atoms with Crippen LogP contribution in [0.5, 0.6) is 0 Å². The van der Waals surface area contributed by atoms with Crippen LogP contribution in [0.25, 0.3) is 0 Å². The molecule has 0 unspecified atom stereocenters. The topological polar surface area (TPSA) is 84.4 Å². The Kier molecular flexibility index (Phi) is 3.42. The van der Waals surface area contributed by atoms with E-state index in [0.717, 1.165) is 5.82 Å². The first kappa shape index (κ1) is 12.3. The first-order valence-corrected chi connectivity index (χ1v) is 5.40. The van der Waals surface area contributed by atoms with E-state index in [-0.39, 0.29) is 5.69 Å². The summed E-state index contributed by atoms with van der Waals surface area (Å²) in [6.45, 7) is 1.12. The Morgan fingerprint density at radius 1 is 1.56 bits per heavy atom. The van der Waals surface area contributed by atoms with Gasteiger partial charge in [0, 0.05) is 25.5 Å². The molecule has 0 saturated carbocycles. The maximum absolute atomic E-state index is 10.7. The van der Waals surface area contributed by atoms with E-state index in [9.17, 15) is 4.79 Å². The summed E-state index contributed by atoms with van der Waals surface area (Å²) < 4.78 is 6.88. The fourth-order valence-electron chi connectivity index (χ4n) is 1.60. The average Bonchev–Trinajstić information content (AvgIpc) is 2.89. The molecule has 0 amide bonds. The summed E-state index contributed by atoms with van der Waals surface area (Å²) in [5.74, 6) is 0.358. The number of rotatable bonds is 5. The van der Waals surface area contributed by atoms with Gasteiger partial charge in [-0.2, -0.15) is 0 Å². The number of aromatic carboxylic acids is 1. The highest BCUT2D eigenvalue weighted by atomic mass is 16.5. The molecule has 0 aliphatic heterocycles. The molecular weight excluding hydrogens is 236 g/mol. The van der Waals surface area contributed by atoms with Crippen molar-refractivity contribution in [3.63, 3.8) is 0 Å². The smallest absolute Gasteiger partial charge is 0.358 e. The highest BCUT2D eigenvalue weighted by molar-refractivity contribution is 5.85. The van der Waals surface area contributed by atoms with E-state index in [1.807, 2.05) is 29.8 Å². The highest BCUT2D eigenvalue weighted by Crippen LogP contribution is 2.08. The van der Waals surface area contributed by atoms with E-state index < -0.39 is 5.97 Å². The average molecular weight is 250 g/mol. The van der Waals surface area contributed by atoms with Crippen molar-refractivity contribution in [3.05, 3.63) is 35.7 Å². The number of carboxylic acid groups (broad SMARTS) is 1. The van der Waals surface area contributed by atoms with Gasteiger partial charge in [0.15, 0.2) is 11.5 Å². The van der Waals surface area contributed by atoms with Crippen molar-refractivity contribution in [1.82, 2.24) is 19.6 Å². The summed E-state index contributed by atoms with van der Waals surface area (Å²) in [5.41, 5.74) is -0.0737. The van der Waals surface area contributed by atoms with Crippen molar-refractivity contribution in [1.29, 1.82) is 0 Å². The van der Waals surface area contributed by atoms with Crippen molar-refractivity contribution in [2.75, 3.05) is 7.05 Å². The van der Waals surface area contributed by atoms with Gasteiger partial charge in [-0.25, -0.2) is 9.78 Å². The summed E-state index contributed by atoms with van der Waals surface area (Å²) in [5, 5.41) is 12.2. The number of carbonyl (C=O) groups is 1. The molecule has 7 nitrogen and oxygen atoms in total. The van der Waals surface area contributed by atoms with Crippen molar-refractivity contribution in [2.45, 2.75) is 13.1 Å². The molecule has 2 rings (SSSR count). The van der Waals surface area contributed by atoms with Crippen LogP contribution in [-0.2, 0) is 20.1 Å². The molecule has 7 heteroatoms. The van der Waals surface area contributed by atoms with E-state index in [1.54, 1.807) is 6.20 Å². The number of imidazole rings is 1. The van der Waals surface area contributed by atoms with Gasteiger partial charge in [-0.15, -0.1) is 0 Å². The molecule has 0 radical (unpaired) electrons. The van der Waals surface area contributed by atoms with E-state index in [1.165, 1.54) is 6.07 Å². The van der Waals surface area contributed by atoms with Gasteiger partial charge in [0.25, 0.3) is 0 Å². The van der Waals surface area contributed by atoms with Gasteiger partial charge < -0.3 is 14.2 Å². The van der Waals surface area contributed by atoms with Gasteiger partial charge >= 0.3 is 5.97 Å². The molecule has 0 saturated heterocycles. The third kappa shape index (κ3) is 2.75. The lowest BCUT2D eigenvalue weighted by molar-refractivity contribution is 0.0685. The molecule has 2 heterocycles. The minimum Gasteiger partial charge on any atom is -0.476 e. The molecule has 0 bridgehead atoms. The van der Waals surface area contributed by atoms with Crippen LogP contribution in [-0.4, -0.2) is 37.7 Å². The molecule has 96 valence electrons. The minimum absolute atomic E-state index is 0.0737. The van der Waals surface area contributed by atoms with Gasteiger partial charge in [0.1, 0.15) is 5.82 Å². The second-order valence-corrected chi connectivity index (χ2v) is 4.11. The predicted molar refractivity (Wildman–Crippen MR) is 61.8 cm³/mol. The summed E-state index contributed by atoms with van der Waals surface area (Å²) in [7, 11) is 3.82. The normalized spacial score (nSPS) is 11.1. The van der Waals surface area contributed by atoms with Crippen molar-refractivity contribution < 1.29 is 14.4 Å². The minimum atomic E-state index is -1.09. The Labute approximate surface area is 104 Å². The molecule has 0 aromatic carbocycles. The van der Waals surface area contributed by atoms with E-state index >= 15 is 0 Å². The quantitative estimate of drug-likeness (QED) is 0.842. The van der Waals surface area contributed by atoms with Crippen molar-refractivity contribution >= 4 is 5.97 Å². The summed E-state index contributed by atoms with van der Waals surface area (Å²) >= 11 is 0. The highest BCUT2D eigenvalue weighted by Gasteiger charge is 2.13. The second kappa shape index (κ2) is 5.01. The molecule has 1 N–H and O–H groups in total. The van der Waals surface area contributed by atoms with Crippen LogP contribution >= 0.6 is 0 Å². The number of nitrogens with zero attached hydrogens (tertiary/aromatic N) is 4. The Bertz CT molecular complexity index is 546. The number of hydrogen-bond acceptors (Lipinski definition) is 5. The SMILES string of the molecule is CN(Cc1cc(C(=O)O)no1)Cc1nccn1C. The first-order chi connectivity index (χ1) is 8.56. The van der Waals surface area contributed by atoms with Crippen LogP contribution in [0.15, 0.2) is 23.0 Å². The monoisotopic (exact) mass is 250 g/mol. The summed E-state index contributed by atoms with van der Waals surface area (Å²) in [4.78, 5) is 16.8. The number of aryl methyl sites for hydroxylation is 1. The molecule has 0 fully saturated rings. The lowest BCUT2D eigenvalue weighted by Gasteiger charge is -2.13. The lowest BCUT2D eigenvalue weighted by atomic mass is 10.3. The molecule has 18 heavy (non-hydrogen) atoms. The van der Waals surface area contributed by atoms with Crippen LogP contribution in [0.2, 0.25) is 0 Å². The molecular formula is C11H14N4O3. The van der Waals surface area contributed by atoms with E-state index in [0.29, 0.717) is 18.8 Å². The second-order valence-electron chi connectivity index (χ2n) is 4.11. The molecule has 2 aromatic heterocycles. The molecule has 0 spiro atoms. The van der Waals surface area contributed by atoms with Crippen LogP contribution in [0.1, 0.15) is 22.1 Å². The third-order valence-electron chi connectivity index (χ3n) is 2.54. The van der Waals surface area contributed by atoms with Gasteiger partial charge in [0.2, 0.25) is 0 Å². The molecule has 0 atom stereocenters. The van der Waals surface area contributed by atoms with Crippen LogP contribution in [0.3, 0.4) is 0 Å². The van der Waals surface area contributed by atoms with Gasteiger partial charge in [-0.1, -0.05) is 5.16 Å². The Balaban J connectivity index is 1.96. The zero-order chi connectivity index (χ0) is 13.1. The van der Waals surface area contributed by atoms with Gasteiger partial charge in [-0.3, -0.25) is 4.90 Å². The lowest BCUT2D eigenvalue weighted by Crippen LogP contribution is -2.19. The largest absolute Gasteiger partial charge is 0.476 e. The maximum atomic E-state index is 10.7. The standard InChI is InChI=1S/C11H14N4O3/c1-14(7-10-12-3-4-15(10)2)6-8-5-9(11(16)17)13-18-8/h3-5H,6-7H2,1-2H3,(H,16,17). The summed E-state index contributed by atoms with van der Waals surface area (Å²) in [6, 6.07) is 1.43. The molecule has 0 aliphatic carbocycles. The Morgan fingerprint density at radius 3 is 2.89 bits per heavy atom. The summed E-state index contributed by atoms with van der Waals surface area (Å²) in [6.07, 6.45) is 3.61. The zero-order valence-electron chi connectivity index (χ0n) is 10.2. The fraction of sp³-hybridized carbons (Fsp3) is 0.364. The maximum Gasteiger partial charge on any atom is 0.358 e. The zero-order valence-corrected chi connectivity index (χ0v) is 10.2. The third-order valence-corrected chi connectivity index (χ3v) is 2.54. The molecule has 2 aromatic rings. The van der Waals surface area contributed by atoms with Crippen molar-refractivity contribution in [2.24, 2.45) is 7.05 Å². The van der Waals surface area contributed by atoms with Gasteiger partial charge in [0.05, 0.1) is 13.1 Å². The van der Waals surface area contributed by atoms with E-state index in [4.69, 9.17) is 9.63 Å². The predicted octanol–water partition coefficient (Wildman–Crippen LogP) is 0.738. The van der Waals surface area contributed by atoms with Crippen LogP contribution in [0.4, 0.5) is 0 Å². The Morgan fingerprint density at radius 2 is 2.33 bits per heavy atom. The number of carboxylic acids is 1. The number of hydrogen-bond donors (Lipinski definition) is 1. The van der Waals surface area contributed by atoms with Crippen molar-refractivity contribution in [3.8, 4) is 0 Å². The first-order valence-electron chi connectivity index (χ1n) is 5.40. The fourth-order valence-corrected chi connectivity index (χ4v) is 1.60.